The van der Waals surface area contributed by atoms with Crippen LogP contribution in [0.4, 0.5) is 0 Å². The Morgan fingerprint density at radius 1 is 1.20 bits per heavy atom. The minimum Gasteiger partial charge on any atom is -0.454 e. The molecule has 0 aliphatic heterocycles. The van der Waals surface area contributed by atoms with E-state index in [-0.39, 0.29) is 10.6 Å². The van der Waals surface area contributed by atoms with Gasteiger partial charge in [-0.15, -0.1) is 11.3 Å². The molecule has 0 fully saturated rings. The molecular formula is C17H17ClN2O4S. The number of ether oxygens (including phenoxy) is 1. The lowest BCUT2D eigenvalue weighted by atomic mass is 10.2. The summed E-state index contributed by atoms with van der Waals surface area (Å²) >= 11 is 7.45. The Labute approximate surface area is 154 Å². The SMILES string of the molecule is CC(NC(=O)c1ccccc1Cl)C(=O)OCC(=O)NCc1cccs1. The number of nitrogens with one attached hydrogen (secondary N) is 2. The van der Waals surface area contributed by atoms with Crippen LogP contribution in [0.3, 0.4) is 0 Å². The Morgan fingerprint density at radius 3 is 2.64 bits per heavy atom. The first-order chi connectivity index (χ1) is 12.0. The Bertz CT molecular complexity index is 749. The third kappa shape index (κ3) is 5.88. The quantitative estimate of drug-likeness (QED) is 0.722. The number of hydrogen-bond donors (Lipinski definition) is 2. The second kappa shape index (κ2) is 9.19. The first-order valence-electron chi connectivity index (χ1n) is 7.48. The minimum absolute atomic E-state index is 0.262. The lowest BCUT2D eigenvalue weighted by Gasteiger charge is -2.14. The van der Waals surface area contributed by atoms with E-state index in [1.165, 1.54) is 18.3 Å². The molecule has 25 heavy (non-hydrogen) atoms. The van der Waals surface area contributed by atoms with Crippen molar-refractivity contribution < 1.29 is 19.1 Å². The predicted octanol–water partition coefficient (Wildman–Crippen LogP) is 2.38. The number of hydrogen-bond acceptors (Lipinski definition) is 5. The van der Waals surface area contributed by atoms with Gasteiger partial charge in [-0.1, -0.05) is 29.8 Å². The number of amides is 2. The molecule has 1 aromatic carbocycles. The molecule has 0 spiro atoms. The summed E-state index contributed by atoms with van der Waals surface area (Å²) in [6, 6.07) is 9.37. The maximum absolute atomic E-state index is 12.1. The number of rotatable bonds is 7. The number of benzene rings is 1. The standard InChI is InChI=1S/C17H17ClN2O4S/c1-11(20-16(22)13-6-2-3-7-14(13)18)17(23)24-10-15(21)19-9-12-5-4-8-25-12/h2-8,11H,9-10H2,1H3,(H,19,21)(H,20,22). The molecule has 0 saturated carbocycles. The molecule has 2 rings (SSSR count). The molecule has 0 radical (unpaired) electrons. The average molecular weight is 381 g/mol. The Morgan fingerprint density at radius 2 is 1.96 bits per heavy atom. The van der Waals surface area contributed by atoms with Gasteiger partial charge in [0.05, 0.1) is 17.1 Å². The second-order valence-electron chi connectivity index (χ2n) is 5.14. The lowest BCUT2D eigenvalue weighted by molar-refractivity contribution is -0.150. The number of thiophene rings is 1. The highest BCUT2D eigenvalue weighted by Crippen LogP contribution is 2.14. The molecule has 1 aromatic heterocycles. The van der Waals surface area contributed by atoms with Gasteiger partial charge < -0.3 is 15.4 Å². The first kappa shape index (κ1) is 19.0. The summed E-state index contributed by atoms with van der Waals surface area (Å²) in [5.74, 6) is -1.60. The number of carbonyl (C=O) groups is 3. The van der Waals surface area contributed by atoms with E-state index in [0.717, 1.165) is 4.88 Å². The van der Waals surface area contributed by atoms with E-state index >= 15 is 0 Å². The predicted molar refractivity (Wildman–Crippen MR) is 95.5 cm³/mol. The zero-order valence-electron chi connectivity index (χ0n) is 13.5. The van der Waals surface area contributed by atoms with Crippen LogP contribution in [-0.4, -0.2) is 30.4 Å². The van der Waals surface area contributed by atoms with E-state index in [1.807, 2.05) is 17.5 Å². The summed E-state index contributed by atoms with van der Waals surface area (Å²) in [5.41, 5.74) is 0.262. The Balaban J connectivity index is 1.75. The van der Waals surface area contributed by atoms with E-state index in [1.54, 1.807) is 24.3 Å². The van der Waals surface area contributed by atoms with Gasteiger partial charge in [-0.05, 0) is 30.5 Å². The molecule has 2 amide bonds. The first-order valence-corrected chi connectivity index (χ1v) is 8.74. The van der Waals surface area contributed by atoms with Crippen LogP contribution < -0.4 is 10.6 Å². The van der Waals surface area contributed by atoms with Gasteiger partial charge in [0.2, 0.25) is 0 Å². The van der Waals surface area contributed by atoms with Crippen molar-refractivity contribution in [2.45, 2.75) is 19.5 Å². The fourth-order valence-corrected chi connectivity index (χ4v) is 2.76. The van der Waals surface area contributed by atoms with Crippen LogP contribution in [0.15, 0.2) is 41.8 Å². The maximum atomic E-state index is 12.1. The van der Waals surface area contributed by atoms with E-state index in [4.69, 9.17) is 16.3 Å². The summed E-state index contributed by atoms with van der Waals surface area (Å²) in [5, 5.41) is 7.32. The second-order valence-corrected chi connectivity index (χ2v) is 6.58. The van der Waals surface area contributed by atoms with Gasteiger partial charge in [0, 0.05) is 4.88 Å². The zero-order valence-corrected chi connectivity index (χ0v) is 15.0. The summed E-state index contributed by atoms with van der Waals surface area (Å²) in [7, 11) is 0. The van der Waals surface area contributed by atoms with Gasteiger partial charge in [-0.25, -0.2) is 4.79 Å². The van der Waals surface area contributed by atoms with Crippen LogP contribution in [0, 0.1) is 0 Å². The fourth-order valence-electron chi connectivity index (χ4n) is 1.89. The third-order valence-electron chi connectivity index (χ3n) is 3.21. The fraction of sp³-hybridized carbons (Fsp3) is 0.235. The van der Waals surface area contributed by atoms with Crippen molar-refractivity contribution in [2.24, 2.45) is 0 Å². The van der Waals surface area contributed by atoms with Crippen molar-refractivity contribution in [1.29, 1.82) is 0 Å². The molecule has 8 heteroatoms. The van der Waals surface area contributed by atoms with E-state index in [2.05, 4.69) is 10.6 Å². The van der Waals surface area contributed by atoms with Gasteiger partial charge in [-0.2, -0.15) is 0 Å². The van der Waals surface area contributed by atoms with Crippen molar-refractivity contribution in [3.8, 4) is 0 Å². The molecule has 0 aliphatic rings. The highest BCUT2D eigenvalue weighted by atomic mass is 35.5. The van der Waals surface area contributed by atoms with Gasteiger partial charge >= 0.3 is 5.97 Å². The molecule has 2 aromatic rings. The van der Waals surface area contributed by atoms with Crippen molar-refractivity contribution in [3.63, 3.8) is 0 Å². The summed E-state index contributed by atoms with van der Waals surface area (Å²) in [4.78, 5) is 36.6. The smallest absolute Gasteiger partial charge is 0.328 e. The van der Waals surface area contributed by atoms with Crippen molar-refractivity contribution in [1.82, 2.24) is 10.6 Å². The molecule has 0 saturated heterocycles. The number of carbonyl (C=O) groups excluding carboxylic acids is 3. The molecule has 0 aliphatic carbocycles. The van der Waals surface area contributed by atoms with Crippen molar-refractivity contribution in [3.05, 3.63) is 57.2 Å². The van der Waals surface area contributed by atoms with Gasteiger partial charge in [-0.3, -0.25) is 9.59 Å². The molecule has 2 N–H and O–H groups in total. The van der Waals surface area contributed by atoms with Crippen LogP contribution in [0.1, 0.15) is 22.2 Å². The Hall–Kier alpha value is -2.38. The van der Waals surface area contributed by atoms with Gasteiger partial charge in [0.1, 0.15) is 6.04 Å². The van der Waals surface area contributed by atoms with Crippen LogP contribution in [0.2, 0.25) is 5.02 Å². The lowest BCUT2D eigenvalue weighted by Crippen LogP contribution is -2.41. The number of halogens is 1. The van der Waals surface area contributed by atoms with Crippen LogP contribution in [-0.2, 0) is 20.9 Å². The molecule has 1 unspecified atom stereocenters. The van der Waals surface area contributed by atoms with E-state index in [0.29, 0.717) is 6.54 Å². The van der Waals surface area contributed by atoms with E-state index < -0.39 is 30.4 Å². The topological polar surface area (TPSA) is 84.5 Å². The minimum atomic E-state index is -0.908. The normalized spacial score (nSPS) is 11.4. The van der Waals surface area contributed by atoms with Crippen LogP contribution >= 0.6 is 22.9 Å². The van der Waals surface area contributed by atoms with Crippen LogP contribution in [0.5, 0.6) is 0 Å². The highest BCUT2D eigenvalue weighted by Gasteiger charge is 2.20. The molecule has 1 heterocycles. The highest BCUT2D eigenvalue weighted by molar-refractivity contribution is 7.09. The van der Waals surface area contributed by atoms with Gasteiger partial charge in [0.15, 0.2) is 6.61 Å². The molecule has 1 atom stereocenters. The molecule has 132 valence electrons. The molecule has 0 bridgehead atoms. The Kier molecular flexibility index (Phi) is 6.97. The average Bonchev–Trinajstić information content (AvgIpc) is 3.11. The van der Waals surface area contributed by atoms with Gasteiger partial charge in [0.25, 0.3) is 11.8 Å². The zero-order chi connectivity index (χ0) is 18.2. The summed E-state index contributed by atoms with van der Waals surface area (Å²) in [6.45, 7) is 1.45. The van der Waals surface area contributed by atoms with Crippen LogP contribution in [0.25, 0.3) is 0 Å². The number of esters is 1. The van der Waals surface area contributed by atoms with E-state index in [9.17, 15) is 14.4 Å². The monoisotopic (exact) mass is 380 g/mol. The maximum Gasteiger partial charge on any atom is 0.328 e. The largest absolute Gasteiger partial charge is 0.454 e. The van der Waals surface area contributed by atoms with Crippen molar-refractivity contribution >= 4 is 40.7 Å². The third-order valence-corrected chi connectivity index (χ3v) is 4.41. The van der Waals surface area contributed by atoms with Crippen molar-refractivity contribution in [2.75, 3.05) is 6.61 Å². The molecule has 6 nitrogen and oxygen atoms in total. The summed E-state index contributed by atoms with van der Waals surface area (Å²) in [6.07, 6.45) is 0. The molecular weight excluding hydrogens is 364 g/mol. The summed E-state index contributed by atoms with van der Waals surface area (Å²) < 4.78 is 4.91.